The van der Waals surface area contributed by atoms with Crippen LogP contribution in [0.5, 0.6) is 11.5 Å². The molecule has 0 radical (unpaired) electrons. The van der Waals surface area contributed by atoms with Crippen LogP contribution in [0.15, 0.2) is 42.5 Å². The van der Waals surface area contributed by atoms with E-state index in [9.17, 15) is 9.18 Å². The first-order valence-corrected chi connectivity index (χ1v) is 8.95. The van der Waals surface area contributed by atoms with Crippen LogP contribution < -0.4 is 14.8 Å². The van der Waals surface area contributed by atoms with Gasteiger partial charge in [-0.2, -0.15) is 5.10 Å². The second kappa shape index (κ2) is 7.34. The molecule has 0 spiro atoms. The number of benzene rings is 2. The Morgan fingerprint density at radius 3 is 2.71 bits per heavy atom. The van der Waals surface area contributed by atoms with Crippen molar-refractivity contribution in [2.24, 2.45) is 0 Å². The molecular weight excluding hydrogens is 361 g/mol. The fourth-order valence-corrected chi connectivity index (χ4v) is 3.48. The van der Waals surface area contributed by atoms with Crippen molar-refractivity contribution in [1.82, 2.24) is 10.2 Å². The minimum absolute atomic E-state index is 0.0698. The van der Waals surface area contributed by atoms with Gasteiger partial charge in [-0.05, 0) is 42.3 Å². The summed E-state index contributed by atoms with van der Waals surface area (Å²) in [5, 5.41) is 9.91. The monoisotopic (exact) mass is 381 g/mol. The molecule has 7 heteroatoms. The van der Waals surface area contributed by atoms with Gasteiger partial charge < -0.3 is 14.8 Å². The number of aromatic amines is 1. The van der Waals surface area contributed by atoms with Gasteiger partial charge in [0.25, 0.3) is 0 Å². The molecular formula is C21H20FN3O3. The fraction of sp³-hybridized carbons (Fsp3) is 0.238. The standard InChI is InChI=1S/C21H20FN3O3/c1-12-20-16(10-19(26)23-21(20)25-24-12)14-5-8-17(18(9-14)27-2)28-11-13-3-6-15(22)7-4-13/h3-9,16H,10-11H2,1-2H3,(H2,23,24,25,26). The van der Waals surface area contributed by atoms with E-state index in [1.165, 1.54) is 12.1 Å². The summed E-state index contributed by atoms with van der Waals surface area (Å²) >= 11 is 0. The first-order valence-electron chi connectivity index (χ1n) is 8.95. The van der Waals surface area contributed by atoms with Crippen molar-refractivity contribution in [1.29, 1.82) is 0 Å². The molecule has 2 heterocycles. The van der Waals surface area contributed by atoms with Crippen LogP contribution in [0.25, 0.3) is 0 Å². The molecule has 1 atom stereocenters. The molecule has 1 aliphatic heterocycles. The van der Waals surface area contributed by atoms with Gasteiger partial charge in [-0.3, -0.25) is 9.89 Å². The van der Waals surface area contributed by atoms with Gasteiger partial charge in [0.05, 0.1) is 7.11 Å². The zero-order chi connectivity index (χ0) is 19.7. The summed E-state index contributed by atoms with van der Waals surface area (Å²) in [4.78, 5) is 12.1. The normalized spacial score (nSPS) is 15.7. The maximum Gasteiger partial charge on any atom is 0.226 e. The van der Waals surface area contributed by atoms with Gasteiger partial charge in [0.15, 0.2) is 17.3 Å². The number of nitrogens with one attached hydrogen (secondary N) is 2. The number of nitrogens with zero attached hydrogens (tertiary/aromatic N) is 1. The van der Waals surface area contributed by atoms with Crippen molar-refractivity contribution in [2.45, 2.75) is 25.9 Å². The highest BCUT2D eigenvalue weighted by Gasteiger charge is 2.30. The van der Waals surface area contributed by atoms with Gasteiger partial charge in [0, 0.05) is 23.6 Å². The third-order valence-electron chi connectivity index (χ3n) is 4.89. The van der Waals surface area contributed by atoms with Crippen molar-refractivity contribution in [3.8, 4) is 11.5 Å². The van der Waals surface area contributed by atoms with Crippen LogP contribution >= 0.6 is 0 Å². The molecule has 3 aromatic rings. The van der Waals surface area contributed by atoms with Crippen LogP contribution in [-0.2, 0) is 11.4 Å². The van der Waals surface area contributed by atoms with E-state index in [-0.39, 0.29) is 17.6 Å². The Labute approximate surface area is 161 Å². The number of anilines is 1. The summed E-state index contributed by atoms with van der Waals surface area (Å²) in [6, 6.07) is 11.8. The first-order chi connectivity index (χ1) is 13.5. The van der Waals surface area contributed by atoms with Crippen LogP contribution in [0, 0.1) is 12.7 Å². The number of aryl methyl sites for hydroxylation is 1. The summed E-state index contributed by atoms with van der Waals surface area (Å²) in [5.74, 6) is 1.28. The molecule has 1 amide bonds. The molecule has 0 saturated carbocycles. The van der Waals surface area contributed by atoms with Gasteiger partial charge in [-0.25, -0.2) is 4.39 Å². The third kappa shape index (κ3) is 3.43. The number of hydrogen-bond acceptors (Lipinski definition) is 4. The predicted molar refractivity (Wildman–Crippen MR) is 102 cm³/mol. The fourth-order valence-electron chi connectivity index (χ4n) is 3.48. The number of aromatic nitrogens is 2. The molecule has 1 aliphatic rings. The Bertz CT molecular complexity index is 1010. The summed E-state index contributed by atoms with van der Waals surface area (Å²) in [7, 11) is 1.58. The lowest BCUT2D eigenvalue weighted by molar-refractivity contribution is -0.116. The Balaban J connectivity index is 1.59. The van der Waals surface area contributed by atoms with Crippen molar-refractivity contribution >= 4 is 11.7 Å². The smallest absolute Gasteiger partial charge is 0.226 e. The molecule has 4 rings (SSSR count). The van der Waals surface area contributed by atoms with Gasteiger partial charge in [0.1, 0.15) is 12.4 Å². The molecule has 1 unspecified atom stereocenters. The number of H-pyrrole nitrogens is 1. The molecule has 6 nitrogen and oxygen atoms in total. The summed E-state index contributed by atoms with van der Waals surface area (Å²) in [6.45, 7) is 2.24. The zero-order valence-corrected chi connectivity index (χ0v) is 15.6. The van der Waals surface area contributed by atoms with E-state index in [0.29, 0.717) is 30.3 Å². The van der Waals surface area contributed by atoms with Crippen LogP contribution in [-0.4, -0.2) is 23.2 Å². The van der Waals surface area contributed by atoms with Gasteiger partial charge in [0.2, 0.25) is 5.91 Å². The van der Waals surface area contributed by atoms with Gasteiger partial charge >= 0.3 is 0 Å². The molecule has 144 valence electrons. The van der Waals surface area contributed by atoms with E-state index in [4.69, 9.17) is 9.47 Å². The lowest BCUT2D eigenvalue weighted by atomic mass is 9.85. The molecule has 0 aliphatic carbocycles. The van der Waals surface area contributed by atoms with E-state index >= 15 is 0 Å². The van der Waals surface area contributed by atoms with E-state index in [1.54, 1.807) is 19.2 Å². The summed E-state index contributed by atoms with van der Waals surface area (Å²) < 4.78 is 24.4. The maximum atomic E-state index is 13.0. The second-order valence-electron chi connectivity index (χ2n) is 6.74. The lowest BCUT2D eigenvalue weighted by Crippen LogP contribution is -2.23. The van der Waals surface area contributed by atoms with E-state index < -0.39 is 0 Å². The highest BCUT2D eigenvalue weighted by molar-refractivity contribution is 5.94. The Morgan fingerprint density at radius 2 is 1.96 bits per heavy atom. The molecule has 1 aromatic heterocycles. The summed E-state index contributed by atoms with van der Waals surface area (Å²) in [5.41, 5.74) is 3.72. The number of amides is 1. The highest BCUT2D eigenvalue weighted by atomic mass is 19.1. The Kier molecular flexibility index (Phi) is 4.73. The number of carbonyl (C=O) groups excluding carboxylic acids is 1. The molecule has 0 bridgehead atoms. The lowest BCUT2D eigenvalue weighted by Gasteiger charge is -2.23. The first kappa shape index (κ1) is 18.0. The largest absolute Gasteiger partial charge is 0.493 e. The third-order valence-corrected chi connectivity index (χ3v) is 4.89. The summed E-state index contributed by atoms with van der Waals surface area (Å²) in [6.07, 6.45) is 0.340. The van der Waals surface area contributed by atoms with Crippen LogP contribution in [0.4, 0.5) is 10.2 Å². The van der Waals surface area contributed by atoms with Gasteiger partial charge in [-0.1, -0.05) is 18.2 Å². The minimum Gasteiger partial charge on any atom is -0.493 e. The van der Waals surface area contributed by atoms with E-state index in [1.807, 2.05) is 25.1 Å². The molecule has 0 fully saturated rings. The minimum atomic E-state index is -0.281. The number of hydrogen-bond donors (Lipinski definition) is 2. The number of methoxy groups -OCH3 is 1. The average molecular weight is 381 g/mol. The Hall–Kier alpha value is -3.35. The molecule has 0 saturated heterocycles. The van der Waals surface area contributed by atoms with Crippen molar-refractivity contribution < 1.29 is 18.7 Å². The van der Waals surface area contributed by atoms with E-state index in [0.717, 1.165) is 22.4 Å². The predicted octanol–water partition coefficient (Wildman–Crippen LogP) is 3.92. The molecule has 2 N–H and O–H groups in total. The zero-order valence-electron chi connectivity index (χ0n) is 15.6. The molecule has 2 aromatic carbocycles. The molecule has 28 heavy (non-hydrogen) atoms. The average Bonchev–Trinajstić information content (AvgIpc) is 3.07. The van der Waals surface area contributed by atoms with Crippen molar-refractivity contribution in [2.75, 3.05) is 12.4 Å². The highest BCUT2D eigenvalue weighted by Crippen LogP contribution is 2.40. The topological polar surface area (TPSA) is 76.2 Å². The van der Waals surface area contributed by atoms with Crippen LogP contribution in [0.1, 0.15) is 34.7 Å². The van der Waals surface area contributed by atoms with Gasteiger partial charge in [-0.15, -0.1) is 0 Å². The number of halogens is 1. The SMILES string of the molecule is COc1cc(C2CC(=O)Nc3n[nH]c(C)c32)ccc1OCc1ccc(F)cc1. The Morgan fingerprint density at radius 1 is 1.18 bits per heavy atom. The van der Waals surface area contributed by atoms with Crippen molar-refractivity contribution in [3.63, 3.8) is 0 Å². The number of ether oxygens (including phenoxy) is 2. The van der Waals surface area contributed by atoms with Crippen LogP contribution in [0.3, 0.4) is 0 Å². The quantitative estimate of drug-likeness (QED) is 0.702. The number of rotatable bonds is 5. The number of fused-ring (bicyclic) bond motifs is 1. The number of carbonyl (C=O) groups is 1. The van der Waals surface area contributed by atoms with E-state index in [2.05, 4.69) is 15.5 Å². The van der Waals surface area contributed by atoms with Crippen LogP contribution in [0.2, 0.25) is 0 Å². The van der Waals surface area contributed by atoms with Crippen molar-refractivity contribution in [3.05, 3.63) is 70.7 Å². The maximum absolute atomic E-state index is 13.0. The second-order valence-corrected chi connectivity index (χ2v) is 6.74.